The summed E-state index contributed by atoms with van der Waals surface area (Å²) in [4.78, 5) is 18.2. The van der Waals surface area contributed by atoms with Crippen LogP contribution in [0.5, 0.6) is 0 Å². The van der Waals surface area contributed by atoms with Crippen molar-refractivity contribution < 1.29 is 18.1 Å². The molecule has 0 bridgehead atoms. The van der Waals surface area contributed by atoms with E-state index in [0.29, 0.717) is 39.2 Å². The van der Waals surface area contributed by atoms with E-state index in [4.69, 9.17) is 4.98 Å². The van der Waals surface area contributed by atoms with Crippen LogP contribution in [0.2, 0.25) is 0 Å². The van der Waals surface area contributed by atoms with Gasteiger partial charge in [-0.1, -0.05) is 36.0 Å². The molecule has 5 aromatic rings. The fourth-order valence-electron chi connectivity index (χ4n) is 5.65. The number of hydrogen-bond acceptors (Lipinski definition) is 15. The summed E-state index contributed by atoms with van der Waals surface area (Å²) < 4.78 is 33.3. The van der Waals surface area contributed by atoms with Crippen molar-refractivity contribution in [3.8, 4) is 0 Å². The molecule has 0 atom stereocenters. The predicted octanol–water partition coefficient (Wildman–Crippen LogP) is 9.83. The summed E-state index contributed by atoms with van der Waals surface area (Å²) in [5.74, 6) is 0.783. The van der Waals surface area contributed by atoms with E-state index in [9.17, 15) is 18.1 Å². The molecule has 0 unspecified atom stereocenters. The summed E-state index contributed by atoms with van der Waals surface area (Å²) in [5.41, 5.74) is 6.73. The van der Waals surface area contributed by atoms with E-state index in [0.717, 1.165) is 48.8 Å². The van der Waals surface area contributed by atoms with E-state index < -0.39 is 10.1 Å². The van der Waals surface area contributed by atoms with E-state index in [1.807, 2.05) is 61.5 Å². The molecule has 15 nitrogen and oxygen atoms in total. The molecule has 17 heteroatoms. The highest BCUT2D eigenvalue weighted by molar-refractivity contribution is 7.99. The van der Waals surface area contributed by atoms with Gasteiger partial charge in [-0.25, -0.2) is 0 Å². The Morgan fingerprint density at radius 3 is 1.64 bits per heavy atom. The van der Waals surface area contributed by atoms with Gasteiger partial charge in [-0.2, -0.15) is 33.6 Å². The zero-order chi connectivity index (χ0) is 40.2. The summed E-state index contributed by atoms with van der Waals surface area (Å²) in [5, 5.41) is 34.7. The van der Waals surface area contributed by atoms with Crippen molar-refractivity contribution in [2.24, 2.45) is 20.5 Å². The lowest BCUT2D eigenvalue weighted by molar-refractivity contribution is 0.322. The number of aromatic nitrogens is 3. The maximum absolute atomic E-state index is 11.8. The lowest BCUT2D eigenvalue weighted by Gasteiger charge is -2.22. The number of rotatable bonds is 18. The third kappa shape index (κ3) is 10.8. The molecule has 0 aliphatic rings. The normalized spacial score (nSPS) is 11.7. The molecule has 4 aromatic carbocycles. The third-order valence-electron chi connectivity index (χ3n) is 8.77. The minimum Gasteiger partial charge on any atom is -0.396 e. The van der Waals surface area contributed by atoms with Crippen LogP contribution in [0.3, 0.4) is 0 Å². The highest BCUT2D eigenvalue weighted by atomic mass is 32.2. The molecule has 0 aliphatic carbocycles. The van der Waals surface area contributed by atoms with Crippen LogP contribution in [0.4, 0.5) is 57.4 Å². The molecule has 0 fully saturated rings. The van der Waals surface area contributed by atoms with E-state index in [2.05, 4.69) is 78.6 Å². The van der Waals surface area contributed by atoms with E-state index in [-0.39, 0.29) is 29.1 Å². The fraction of sp³-hybridized carbons (Fsp3) is 0.308. The highest BCUT2D eigenvalue weighted by Gasteiger charge is 2.16. The molecule has 0 aliphatic heterocycles. The number of azo groups is 2. The van der Waals surface area contributed by atoms with Gasteiger partial charge in [-0.3, -0.25) is 4.55 Å². The Morgan fingerprint density at radius 2 is 1.14 bits per heavy atom. The molecular formula is C39H47N11O4S2. The minimum absolute atomic E-state index is 0.0775. The van der Waals surface area contributed by atoms with Crippen molar-refractivity contribution in [1.82, 2.24) is 15.0 Å². The molecule has 0 saturated carbocycles. The number of anilines is 6. The van der Waals surface area contributed by atoms with E-state index >= 15 is 0 Å². The zero-order valence-electron chi connectivity index (χ0n) is 32.3. The van der Waals surface area contributed by atoms with Crippen molar-refractivity contribution in [1.29, 1.82) is 0 Å². The topological polar surface area (TPSA) is 193 Å². The monoisotopic (exact) mass is 797 g/mol. The molecule has 0 spiro atoms. The summed E-state index contributed by atoms with van der Waals surface area (Å²) in [6.07, 6.45) is 0. The van der Waals surface area contributed by atoms with Crippen LogP contribution in [0, 0.1) is 13.8 Å². The van der Waals surface area contributed by atoms with Gasteiger partial charge in [0.25, 0.3) is 10.1 Å². The minimum atomic E-state index is -4.44. The quantitative estimate of drug-likeness (QED) is 0.0373. The van der Waals surface area contributed by atoms with Crippen LogP contribution in [-0.2, 0) is 10.1 Å². The van der Waals surface area contributed by atoms with Crippen LogP contribution in [0.1, 0.15) is 38.8 Å². The van der Waals surface area contributed by atoms with Gasteiger partial charge in [-0.05, 0) is 107 Å². The molecule has 56 heavy (non-hydrogen) atoms. The average Bonchev–Trinajstić information content (AvgIpc) is 3.18. The second-order valence-electron chi connectivity index (χ2n) is 12.4. The van der Waals surface area contributed by atoms with Crippen molar-refractivity contribution in [3.63, 3.8) is 0 Å². The van der Waals surface area contributed by atoms with E-state index in [1.54, 1.807) is 19.1 Å². The summed E-state index contributed by atoms with van der Waals surface area (Å²) in [6, 6.07) is 23.4. The standard InChI is InChI=1S/C39H47N11O4S2/c1-7-49(8-2)28-16-19-32(46-45-31-14-12-11-13-26(31)5)35(23-28)40-37-42-38(44-39(43-37)55-22-21-51)41-36-24-29(50(9-3)10-4)17-20-33(36)47-48-34-25-30(56(52,53)54)18-15-27(34)6/h11-20,23-25,51H,7-10,21-22H2,1-6H3,(H,52,53,54)(H2,40,41,42,43,44). The molecule has 4 N–H and O–H groups in total. The first-order valence-corrected chi connectivity index (χ1v) is 20.7. The van der Waals surface area contributed by atoms with Gasteiger partial charge in [0.15, 0.2) is 5.16 Å². The number of hydrogen-bond donors (Lipinski definition) is 4. The molecule has 294 valence electrons. The maximum Gasteiger partial charge on any atom is 0.294 e. The average molecular weight is 798 g/mol. The molecular weight excluding hydrogens is 751 g/mol. The second-order valence-corrected chi connectivity index (χ2v) is 14.9. The molecule has 0 saturated heterocycles. The number of aryl methyl sites for hydroxylation is 2. The number of thioether (sulfide) groups is 1. The largest absolute Gasteiger partial charge is 0.396 e. The van der Waals surface area contributed by atoms with Crippen LogP contribution in [0.25, 0.3) is 0 Å². The number of nitrogens with zero attached hydrogens (tertiary/aromatic N) is 9. The SMILES string of the molecule is CCN(CC)c1ccc(N=Nc2ccccc2C)c(Nc2nc(Nc3cc(N(CC)CC)ccc3N=Nc3cc(S(=O)(=O)O)ccc3C)nc(SCCO)n2)c1. The van der Waals surface area contributed by atoms with E-state index in [1.165, 1.54) is 23.9 Å². The van der Waals surface area contributed by atoms with Gasteiger partial charge in [0.2, 0.25) is 11.9 Å². The van der Waals surface area contributed by atoms with Gasteiger partial charge in [-0.15, -0.1) is 10.2 Å². The first-order chi connectivity index (χ1) is 27.0. The van der Waals surface area contributed by atoms with Crippen LogP contribution >= 0.6 is 11.8 Å². The molecule has 0 amide bonds. The van der Waals surface area contributed by atoms with Gasteiger partial charge in [0, 0.05) is 43.3 Å². The summed E-state index contributed by atoms with van der Waals surface area (Å²) in [6.45, 7) is 15.1. The third-order valence-corrected chi connectivity index (χ3v) is 10.4. The molecule has 1 aromatic heterocycles. The number of benzene rings is 4. The fourth-order valence-corrected chi connectivity index (χ4v) is 6.73. The molecule has 1 heterocycles. The lowest BCUT2D eigenvalue weighted by Crippen LogP contribution is -2.21. The Morgan fingerprint density at radius 1 is 0.643 bits per heavy atom. The predicted molar refractivity (Wildman–Crippen MR) is 225 cm³/mol. The summed E-state index contributed by atoms with van der Waals surface area (Å²) >= 11 is 1.27. The van der Waals surface area contributed by atoms with Crippen molar-refractivity contribution >= 4 is 79.3 Å². The van der Waals surface area contributed by atoms with Crippen LogP contribution < -0.4 is 20.4 Å². The number of aliphatic hydroxyl groups excluding tert-OH is 1. The van der Waals surface area contributed by atoms with Gasteiger partial charge >= 0.3 is 0 Å². The molecule has 5 rings (SSSR count). The zero-order valence-corrected chi connectivity index (χ0v) is 33.9. The Hall–Kier alpha value is -5.49. The Kier molecular flexibility index (Phi) is 14.4. The van der Waals surface area contributed by atoms with Crippen LogP contribution in [0.15, 0.2) is 109 Å². The van der Waals surface area contributed by atoms with Crippen molar-refractivity contribution in [2.45, 2.75) is 51.6 Å². The summed E-state index contributed by atoms with van der Waals surface area (Å²) in [7, 11) is -4.44. The smallest absolute Gasteiger partial charge is 0.294 e. The van der Waals surface area contributed by atoms with Crippen molar-refractivity contribution in [3.05, 3.63) is 90.0 Å². The Balaban J connectivity index is 1.58. The lowest BCUT2D eigenvalue weighted by atomic mass is 10.2. The van der Waals surface area contributed by atoms with Gasteiger partial charge in [0.05, 0.1) is 34.3 Å². The van der Waals surface area contributed by atoms with Gasteiger partial charge < -0.3 is 25.5 Å². The Labute approximate surface area is 332 Å². The van der Waals surface area contributed by atoms with Crippen LogP contribution in [-0.4, -0.2) is 71.6 Å². The number of aliphatic hydroxyl groups is 1. The maximum atomic E-state index is 11.8. The second kappa shape index (κ2) is 19.4. The first-order valence-electron chi connectivity index (χ1n) is 18.2. The first kappa shape index (κ1) is 41.7. The van der Waals surface area contributed by atoms with Crippen molar-refractivity contribution in [2.75, 3.05) is 59.0 Å². The molecule has 0 radical (unpaired) electrons. The highest BCUT2D eigenvalue weighted by Crippen LogP contribution is 2.37. The van der Waals surface area contributed by atoms with Gasteiger partial charge in [0.1, 0.15) is 11.4 Å². The number of nitrogens with one attached hydrogen (secondary N) is 2. The Bertz CT molecular complexity index is 2300.